The smallest absolute Gasteiger partial charge is 0.345 e. The van der Waals surface area contributed by atoms with E-state index in [9.17, 15) is 4.79 Å². The van der Waals surface area contributed by atoms with Gasteiger partial charge in [-0.1, -0.05) is 0 Å². The average molecular weight is 183 g/mol. The number of carbonyl (C=O) groups is 1. The van der Waals surface area contributed by atoms with Crippen molar-refractivity contribution in [3.05, 3.63) is 17.1 Å². The summed E-state index contributed by atoms with van der Waals surface area (Å²) in [5.74, 6) is 4.48. The van der Waals surface area contributed by atoms with Gasteiger partial charge < -0.3 is 10.9 Å². The summed E-state index contributed by atoms with van der Waals surface area (Å²) in [4.78, 5) is 12.6. The minimum absolute atomic E-state index is 0.279. The largest absolute Gasteiger partial charge is 0.477 e. The summed E-state index contributed by atoms with van der Waals surface area (Å²) < 4.78 is 0. The minimum Gasteiger partial charge on any atom is -0.477 e. The molecule has 2 aromatic heterocycles. The molecule has 0 atom stereocenters. The number of carboxylic acids is 1. The number of fused-ring (bicyclic) bond motifs is 1. The van der Waals surface area contributed by atoms with E-state index in [1.54, 1.807) is 6.07 Å². The van der Waals surface area contributed by atoms with Crippen molar-refractivity contribution in [1.82, 2.24) is 9.89 Å². The standard InChI is InChI=1S/C6H5N3O2S/c7-9-5-3(2-8-9)1-4(12-5)6(10)11/h1-2H,7H2,(H,10,11). The zero-order valence-electron chi connectivity index (χ0n) is 5.89. The maximum Gasteiger partial charge on any atom is 0.345 e. The second kappa shape index (κ2) is 2.21. The van der Waals surface area contributed by atoms with Crippen molar-refractivity contribution in [2.75, 3.05) is 5.84 Å². The summed E-state index contributed by atoms with van der Waals surface area (Å²) in [5, 5.41) is 13.2. The van der Waals surface area contributed by atoms with Gasteiger partial charge in [-0.2, -0.15) is 9.89 Å². The molecule has 0 spiro atoms. The molecule has 0 saturated carbocycles. The molecule has 2 heterocycles. The van der Waals surface area contributed by atoms with E-state index in [2.05, 4.69) is 5.10 Å². The molecule has 0 amide bonds. The summed E-state index contributed by atoms with van der Waals surface area (Å²) in [7, 11) is 0. The highest BCUT2D eigenvalue weighted by Gasteiger charge is 2.10. The van der Waals surface area contributed by atoms with Crippen LogP contribution >= 0.6 is 11.3 Å². The van der Waals surface area contributed by atoms with Gasteiger partial charge in [0.2, 0.25) is 0 Å². The Morgan fingerprint density at radius 2 is 2.50 bits per heavy atom. The van der Waals surface area contributed by atoms with Crippen molar-refractivity contribution < 1.29 is 9.90 Å². The molecule has 0 fully saturated rings. The lowest BCUT2D eigenvalue weighted by atomic mass is 10.4. The number of nitrogens with two attached hydrogens (primary N) is 1. The second-order valence-electron chi connectivity index (χ2n) is 2.27. The Morgan fingerprint density at radius 3 is 3.08 bits per heavy atom. The molecule has 12 heavy (non-hydrogen) atoms. The van der Waals surface area contributed by atoms with Crippen molar-refractivity contribution in [3.8, 4) is 0 Å². The lowest BCUT2D eigenvalue weighted by Crippen LogP contribution is -2.07. The summed E-state index contributed by atoms with van der Waals surface area (Å²) in [6.45, 7) is 0. The summed E-state index contributed by atoms with van der Waals surface area (Å²) in [5.41, 5.74) is 0. The number of hydrogen-bond donors (Lipinski definition) is 2. The van der Waals surface area contributed by atoms with E-state index in [1.807, 2.05) is 0 Å². The van der Waals surface area contributed by atoms with Crippen LogP contribution in [0.5, 0.6) is 0 Å². The van der Waals surface area contributed by atoms with E-state index in [0.717, 1.165) is 16.7 Å². The molecule has 62 valence electrons. The summed E-state index contributed by atoms with van der Waals surface area (Å²) in [6.07, 6.45) is 1.54. The number of thiophene rings is 1. The molecule has 0 saturated heterocycles. The molecule has 0 aliphatic rings. The van der Waals surface area contributed by atoms with Crippen LogP contribution in [0.1, 0.15) is 9.67 Å². The molecule has 0 unspecified atom stereocenters. The van der Waals surface area contributed by atoms with Crippen molar-refractivity contribution in [2.24, 2.45) is 0 Å². The first kappa shape index (κ1) is 7.11. The normalized spacial score (nSPS) is 10.7. The van der Waals surface area contributed by atoms with E-state index < -0.39 is 5.97 Å². The van der Waals surface area contributed by atoms with E-state index in [0.29, 0.717) is 4.83 Å². The van der Waals surface area contributed by atoms with Crippen molar-refractivity contribution in [2.45, 2.75) is 0 Å². The topological polar surface area (TPSA) is 81.1 Å². The Labute approximate surface area is 71.0 Å². The number of rotatable bonds is 1. The maximum absolute atomic E-state index is 10.5. The predicted molar refractivity (Wildman–Crippen MR) is 44.7 cm³/mol. The number of nitrogens with zero attached hydrogens (tertiary/aromatic N) is 2. The average Bonchev–Trinajstić information content (AvgIpc) is 2.53. The SMILES string of the molecule is Nn1ncc2cc(C(=O)O)sc21. The third-order valence-electron chi connectivity index (χ3n) is 1.48. The lowest BCUT2D eigenvalue weighted by molar-refractivity contribution is 0.0702. The third-order valence-corrected chi connectivity index (χ3v) is 2.61. The summed E-state index contributed by atoms with van der Waals surface area (Å²) >= 11 is 1.11. The highest BCUT2D eigenvalue weighted by atomic mass is 32.1. The maximum atomic E-state index is 10.5. The highest BCUT2D eigenvalue weighted by Crippen LogP contribution is 2.23. The fourth-order valence-electron chi connectivity index (χ4n) is 0.949. The van der Waals surface area contributed by atoms with E-state index in [1.165, 1.54) is 11.0 Å². The first-order valence-corrected chi connectivity index (χ1v) is 3.96. The highest BCUT2D eigenvalue weighted by molar-refractivity contribution is 7.20. The van der Waals surface area contributed by atoms with Crippen LogP contribution in [0.3, 0.4) is 0 Å². The number of aromatic nitrogens is 2. The molecule has 0 radical (unpaired) electrons. The van der Waals surface area contributed by atoms with Gasteiger partial charge in [0.15, 0.2) is 0 Å². The molecular formula is C6H5N3O2S. The van der Waals surface area contributed by atoms with Crippen LogP contribution in [0, 0.1) is 0 Å². The Kier molecular flexibility index (Phi) is 1.31. The van der Waals surface area contributed by atoms with Crippen LogP contribution in [-0.2, 0) is 0 Å². The van der Waals surface area contributed by atoms with E-state index in [-0.39, 0.29) is 4.88 Å². The Bertz CT molecular complexity index is 445. The Morgan fingerprint density at radius 1 is 1.75 bits per heavy atom. The van der Waals surface area contributed by atoms with Gasteiger partial charge in [-0.3, -0.25) is 0 Å². The molecule has 5 nitrogen and oxygen atoms in total. The number of carboxylic acid groups (broad SMARTS) is 1. The van der Waals surface area contributed by atoms with Crippen LogP contribution in [0.2, 0.25) is 0 Å². The second-order valence-corrected chi connectivity index (χ2v) is 3.30. The monoisotopic (exact) mass is 183 g/mol. The van der Waals surface area contributed by atoms with Crippen LogP contribution in [0.25, 0.3) is 10.2 Å². The van der Waals surface area contributed by atoms with Crippen LogP contribution in [0.15, 0.2) is 12.3 Å². The zero-order valence-corrected chi connectivity index (χ0v) is 6.71. The Hall–Kier alpha value is -1.56. The van der Waals surface area contributed by atoms with Crippen LogP contribution in [0.4, 0.5) is 0 Å². The number of nitrogen functional groups attached to an aromatic ring is 1. The fraction of sp³-hybridized carbons (Fsp3) is 0. The zero-order chi connectivity index (χ0) is 8.72. The van der Waals surface area contributed by atoms with Gasteiger partial charge in [0.1, 0.15) is 9.71 Å². The molecule has 0 aliphatic carbocycles. The van der Waals surface area contributed by atoms with Gasteiger partial charge in [-0.05, 0) is 6.07 Å². The number of hydrogen-bond acceptors (Lipinski definition) is 4. The quantitative estimate of drug-likeness (QED) is 0.631. The summed E-state index contributed by atoms with van der Waals surface area (Å²) in [6, 6.07) is 1.55. The Balaban J connectivity index is 2.70. The molecule has 0 aromatic carbocycles. The van der Waals surface area contributed by atoms with E-state index >= 15 is 0 Å². The molecule has 0 aliphatic heterocycles. The van der Waals surface area contributed by atoms with E-state index in [4.69, 9.17) is 10.9 Å². The fourth-order valence-corrected chi connectivity index (χ4v) is 1.80. The lowest BCUT2D eigenvalue weighted by Gasteiger charge is -1.86. The molecule has 0 bridgehead atoms. The van der Waals surface area contributed by atoms with Crippen molar-refractivity contribution in [1.29, 1.82) is 0 Å². The van der Waals surface area contributed by atoms with Crippen molar-refractivity contribution in [3.63, 3.8) is 0 Å². The van der Waals surface area contributed by atoms with Gasteiger partial charge in [-0.15, -0.1) is 11.3 Å². The molecular weight excluding hydrogens is 178 g/mol. The molecule has 3 N–H and O–H groups in total. The van der Waals surface area contributed by atoms with Gasteiger partial charge >= 0.3 is 5.97 Å². The van der Waals surface area contributed by atoms with Gasteiger partial charge in [-0.25, -0.2) is 4.79 Å². The third kappa shape index (κ3) is 0.850. The van der Waals surface area contributed by atoms with Crippen molar-refractivity contribution >= 4 is 27.5 Å². The first-order valence-electron chi connectivity index (χ1n) is 3.14. The molecule has 6 heteroatoms. The minimum atomic E-state index is -0.934. The van der Waals surface area contributed by atoms with Gasteiger partial charge in [0, 0.05) is 5.39 Å². The van der Waals surface area contributed by atoms with Crippen LogP contribution in [-0.4, -0.2) is 21.0 Å². The first-order chi connectivity index (χ1) is 5.68. The van der Waals surface area contributed by atoms with Gasteiger partial charge in [0.25, 0.3) is 0 Å². The van der Waals surface area contributed by atoms with Gasteiger partial charge in [0.05, 0.1) is 6.20 Å². The molecule has 2 aromatic rings. The predicted octanol–water partition coefficient (Wildman–Crippen LogP) is 0.510. The molecule has 2 rings (SSSR count). The van der Waals surface area contributed by atoms with Crippen LogP contribution < -0.4 is 5.84 Å². The number of aromatic carboxylic acids is 1.